The summed E-state index contributed by atoms with van der Waals surface area (Å²) < 4.78 is 0. The SMILES string of the molecule is Cc1ccc(C2(C)CCc3c(Cl)nc(C)nc32)c(C)c1. The lowest BCUT2D eigenvalue weighted by molar-refractivity contribution is 0.547. The number of halogens is 1. The van der Waals surface area contributed by atoms with Crippen LogP contribution >= 0.6 is 11.6 Å². The van der Waals surface area contributed by atoms with E-state index in [1.807, 2.05) is 6.92 Å². The van der Waals surface area contributed by atoms with Crippen LogP contribution in [0.1, 0.15) is 47.1 Å². The molecular formula is C17H19ClN2. The van der Waals surface area contributed by atoms with Gasteiger partial charge in [0.05, 0.1) is 5.69 Å². The van der Waals surface area contributed by atoms with Crippen molar-refractivity contribution in [1.29, 1.82) is 0 Å². The highest BCUT2D eigenvalue weighted by Crippen LogP contribution is 2.45. The molecule has 2 nitrogen and oxygen atoms in total. The molecule has 0 fully saturated rings. The van der Waals surface area contributed by atoms with Crippen molar-refractivity contribution in [3.63, 3.8) is 0 Å². The molecule has 0 saturated carbocycles. The number of hydrogen-bond acceptors (Lipinski definition) is 2. The molecule has 0 saturated heterocycles. The molecule has 1 unspecified atom stereocenters. The van der Waals surface area contributed by atoms with E-state index in [0.29, 0.717) is 5.15 Å². The molecule has 3 rings (SSSR count). The van der Waals surface area contributed by atoms with Crippen LogP contribution in [0.3, 0.4) is 0 Å². The van der Waals surface area contributed by atoms with Crippen molar-refractivity contribution < 1.29 is 0 Å². The highest BCUT2D eigenvalue weighted by atomic mass is 35.5. The molecule has 1 aliphatic carbocycles. The molecule has 1 aromatic heterocycles. The zero-order valence-corrected chi connectivity index (χ0v) is 13.2. The van der Waals surface area contributed by atoms with Crippen LogP contribution in [0.15, 0.2) is 18.2 Å². The number of aromatic nitrogens is 2. The summed E-state index contributed by atoms with van der Waals surface area (Å²) in [5, 5.41) is 0.626. The molecule has 20 heavy (non-hydrogen) atoms. The number of rotatable bonds is 1. The van der Waals surface area contributed by atoms with Crippen LogP contribution in [0.4, 0.5) is 0 Å². The Bertz CT molecular complexity index is 694. The van der Waals surface area contributed by atoms with Gasteiger partial charge in [-0.1, -0.05) is 35.4 Å². The first-order valence-electron chi connectivity index (χ1n) is 7.03. The topological polar surface area (TPSA) is 25.8 Å². The fourth-order valence-corrected chi connectivity index (χ4v) is 3.73. The monoisotopic (exact) mass is 286 g/mol. The minimum absolute atomic E-state index is 0.0511. The average Bonchev–Trinajstić information content (AvgIpc) is 2.68. The first kappa shape index (κ1) is 13.6. The molecule has 0 N–H and O–H groups in total. The van der Waals surface area contributed by atoms with E-state index in [4.69, 9.17) is 16.6 Å². The number of benzene rings is 1. The maximum Gasteiger partial charge on any atom is 0.136 e. The smallest absolute Gasteiger partial charge is 0.136 e. The molecule has 0 bridgehead atoms. The first-order valence-corrected chi connectivity index (χ1v) is 7.41. The van der Waals surface area contributed by atoms with Gasteiger partial charge in [-0.05, 0) is 51.7 Å². The molecular weight excluding hydrogens is 268 g/mol. The Labute approximate surface area is 125 Å². The van der Waals surface area contributed by atoms with E-state index in [0.717, 1.165) is 29.9 Å². The normalized spacial score (nSPS) is 21.1. The predicted molar refractivity (Wildman–Crippen MR) is 82.5 cm³/mol. The summed E-state index contributed by atoms with van der Waals surface area (Å²) in [6.45, 7) is 8.50. The third-order valence-corrected chi connectivity index (χ3v) is 4.76. The van der Waals surface area contributed by atoms with E-state index in [9.17, 15) is 0 Å². The second-order valence-electron chi connectivity index (χ2n) is 6.04. The van der Waals surface area contributed by atoms with Gasteiger partial charge in [0.15, 0.2) is 0 Å². The number of fused-ring (bicyclic) bond motifs is 1. The Hall–Kier alpha value is -1.41. The highest BCUT2D eigenvalue weighted by molar-refractivity contribution is 6.30. The fourth-order valence-electron chi connectivity index (χ4n) is 3.43. The van der Waals surface area contributed by atoms with Gasteiger partial charge in [0, 0.05) is 11.0 Å². The molecule has 1 heterocycles. The van der Waals surface area contributed by atoms with E-state index < -0.39 is 0 Å². The summed E-state index contributed by atoms with van der Waals surface area (Å²) in [5.41, 5.74) is 6.17. The second-order valence-corrected chi connectivity index (χ2v) is 6.40. The maximum absolute atomic E-state index is 6.30. The second kappa shape index (κ2) is 4.56. The molecule has 1 aliphatic rings. The van der Waals surface area contributed by atoms with E-state index in [2.05, 4.69) is 44.0 Å². The van der Waals surface area contributed by atoms with Crippen molar-refractivity contribution in [1.82, 2.24) is 9.97 Å². The fraction of sp³-hybridized carbons (Fsp3) is 0.412. The minimum Gasteiger partial charge on any atom is -0.237 e. The third kappa shape index (κ3) is 1.94. The number of nitrogens with zero attached hydrogens (tertiary/aromatic N) is 2. The van der Waals surface area contributed by atoms with Gasteiger partial charge in [-0.3, -0.25) is 0 Å². The molecule has 1 aromatic carbocycles. The quantitative estimate of drug-likeness (QED) is 0.730. The minimum atomic E-state index is -0.0511. The van der Waals surface area contributed by atoms with Crippen molar-refractivity contribution in [3.8, 4) is 0 Å². The van der Waals surface area contributed by atoms with E-state index in [1.54, 1.807) is 0 Å². The van der Waals surface area contributed by atoms with Crippen LogP contribution < -0.4 is 0 Å². The number of hydrogen-bond donors (Lipinski definition) is 0. The molecule has 0 amide bonds. The average molecular weight is 287 g/mol. The molecule has 0 aliphatic heterocycles. The van der Waals surface area contributed by atoms with Crippen molar-refractivity contribution in [2.75, 3.05) is 0 Å². The molecule has 0 spiro atoms. The lowest BCUT2D eigenvalue weighted by atomic mass is 9.77. The van der Waals surface area contributed by atoms with Crippen LogP contribution in [0, 0.1) is 20.8 Å². The van der Waals surface area contributed by atoms with E-state index in [-0.39, 0.29) is 5.41 Å². The standard InChI is InChI=1S/C17H19ClN2/c1-10-5-6-14(11(2)9-10)17(4)8-7-13-15(17)19-12(3)20-16(13)18/h5-6,9H,7-8H2,1-4H3. The summed E-state index contributed by atoms with van der Waals surface area (Å²) in [7, 11) is 0. The first-order chi connectivity index (χ1) is 9.41. The van der Waals surface area contributed by atoms with Gasteiger partial charge in [-0.2, -0.15) is 0 Å². The van der Waals surface area contributed by atoms with Crippen LogP contribution in [0.2, 0.25) is 5.15 Å². The van der Waals surface area contributed by atoms with Crippen molar-refractivity contribution in [3.05, 3.63) is 57.1 Å². The molecule has 104 valence electrons. The Morgan fingerprint density at radius 2 is 1.90 bits per heavy atom. The zero-order valence-electron chi connectivity index (χ0n) is 12.4. The van der Waals surface area contributed by atoms with Crippen LogP contribution in [-0.4, -0.2) is 9.97 Å². The van der Waals surface area contributed by atoms with Gasteiger partial charge in [-0.15, -0.1) is 0 Å². The molecule has 0 radical (unpaired) electrons. The van der Waals surface area contributed by atoms with Crippen molar-refractivity contribution in [2.45, 2.75) is 46.0 Å². The summed E-state index contributed by atoms with van der Waals surface area (Å²) in [6, 6.07) is 6.67. The molecule has 2 aromatic rings. The van der Waals surface area contributed by atoms with Gasteiger partial charge < -0.3 is 0 Å². The third-order valence-electron chi connectivity index (χ3n) is 4.44. The molecule has 1 atom stereocenters. The lowest BCUT2D eigenvalue weighted by Gasteiger charge is -2.27. The van der Waals surface area contributed by atoms with Crippen molar-refractivity contribution in [2.24, 2.45) is 0 Å². The van der Waals surface area contributed by atoms with Crippen LogP contribution in [0.5, 0.6) is 0 Å². The van der Waals surface area contributed by atoms with E-state index in [1.165, 1.54) is 16.7 Å². The Morgan fingerprint density at radius 3 is 2.60 bits per heavy atom. The van der Waals surface area contributed by atoms with Gasteiger partial charge in [0.25, 0.3) is 0 Å². The lowest BCUT2D eigenvalue weighted by Crippen LogP contribution is -2.23. The van der Waals surface area contributed by atoms with Crippen LogP contribution in [-0.2, 0) is 11.8 Å². The van der Waals surface area contributed by atoms with Gasteiger partial charge in [-0.25, -0.2) is 9.97 Å². The summed E-state index contributed by atoms with van der Waals surface area (Å²) >= 11 is 6.30. The Balaban J connectivity index is 2.22. The Kier molecular flexibility index (Phi) is 3.09. The largest absolute Gasteiger partial charge is 0.237 e. The predicted octanol–water partition coefficient (Wildman–Crippen LogP) is 4.31. The highest BCUT2D eigenvalue weighted by Gasteiger charge is 2.40. The number of aryl methyl sites for hydroxylation is 3. The summed E-state index contributed by atoms with van der Waals surface area (Å²) in [5.74, 6) is 0.756. The Morgan fingerprint density at radius 1 is 1.15 bits per heavy atom. The zero-order chi connectivity index (χ0) is 14.5. The van der Waals surface area contributed by atoms with Gasteiger partial charge >= 0.3 is 0 Å². The maximum atomic E-state index is 6.30. The summed E-state index contributed by atoms with van der Waals surface area (Å²) in [4.78, 5) is 9.01. The van der Waals surface area contributed by atoms with E-state index >= 15 is 0 Å². The van der Waals surface area contributed by atoms with Crippen molar-refractivity contribution >= 4 is 11.6 Å². The van der Waals surface area contributed by atoms with Gasteiger partial charge in [0.1, 0.15) is 11.0 Å². The summed E-state index contributed by atoms with van der Waals surface area (Å²) in [6.07, 6.45) is 2.00. The van der Waals surface area contributed by atoms with Crippen LogP contribution in [0.25, 0.3) is 0 Å². The van der Waals surface area contributed by atoms with Gasteiger partial charge in [0.2, 0.25) is 0 Å². The molecule has 3 heteroatoms.